The molecule has 1 fully saturated rings. The highest BCUT2D eigenvalue weighted by atomic mass is 16.5. The Morgan fingerprint density at radius 2 is 2.28 bits per heavy atom. The topological polar surface area (TPSA) is 49.9 Å². The SMILES string of the molecule is CNCCC1(c2ccc3nc(C)[nH]c3c2)COC1. The summed E-state index contributed by atoms with van der Waals surface area (Å²) in [4.78, 5) is 7.75. The standard InChI is InChI=1S/C14H19N3O/c1-10-16-12-4-3-11(7-13(12)17-10)14(5-6-15-2)8-18-9-14/h3-4,7,15H,5-6,8-9H2,1-2H3,(H,16,17). The molecule has 1 aromatic heterocycles. The summed E-state index contributed by atoms with van der Waals surface area (Å²) < 4.78 is 5.45. The van der Waals surface area contributed by atoms with E-state index in [1.807, 2.05) is 14.0 Å². The van der Waals surface area contributed by atoms with Crippen LogP contribution in [0.25, 0.3) is 11.0 Å². The lowest BCUT2D eigenvalue weighted by atomic mass is 9.76. The Bertz CT molecular complexity index is 557. The van der Waals surface area contributed by atoms with Gasteiger partial charge in [0.2, 0.25) is 0 Å². The minimum atomic E-state index is 0.191. The number of fused-ring (bicyclic) bond motifs is 1. The van der Waals surface area contributed by atoms with E-state index >= 15 is 0 Å². The zero-order chi connectivity index (χ0) is 12.6. The van der Waals surface area contributed by atoms with Crippen LogP contribution < -0.4 is 5.32 Å². The van der Waals surface area contributed by atoms with Gasteiger partial charge < -0.3 is 15.0 Å². The zero-order valence-electron chi connectivity index (χ0n) is 10.9. The molecule has 2 heterocycles. The van der Waals surface area contributed by atoms with Crippen molar-refractivity contribution in [1.82, 2.24) is 15.3 Å². The predicted octanol–water partition coefficient (Wildman–Crippen LogP) is 1.75. The van der Waals surface area contributed by atoms with Crippen LogP contribution in [0.3, 0.4) is 0 Å². The molecule has 1 saturated heterocycles. The van der Waals surface area contributed by atoms with E-state index in [0.717, 1.165) is 43.0 Å². The number of hydrogen-bond acceptors (Lipinski definition) is 3. The van der Waals surface area contributed by atoms with Crippen LogP contribution in [0.4, 0.5) is 0 Å². The number of benzene rings is 1. The first-order valence-electron chi connectivity index (χ1n) is 6.43. The third kappa shape index (κ3) is 1.82. The van der Waals surface area contributed by atoms with Gasteiger partial charge in [-0.05, 0) is 44.6 Å². The van der Waals surface area contributed by atoms with Crippen molar-refractivity contribution in [2.75, 3.05) is 26.8 Å². The van der Waals surface area contributed by atoms with Crippen LogP contribution in [0.1, 0.15) is 17.8 Å². The Kier molecular flexibility index (Phi) is 2.84. The number of ether oxygens (including phenoxy) is 1. The molecule has 3 rings (SSSR count). The molecule has 0 bridgehead atoms. The molecule has 0 amide bonds. The fourth-order valence-electron chi connectivity index (χ4n) is 2.64. The molecule has 4 heteroatoms. The summed E-state index contributed by atoms with van der Waals surface area (Å²) in [5.74, 6) is 0.969. The molecule has 0 spiro atoms. The maximum Gasteiger partial charge on any atom is 0.104 e. The Morgan fingerprint density at radius 3 is 2.94 bits per heavy atom. The molecule has 0 radical (unpaired) electrons. The van der Waals surface area contributed by atoms with Crippen molar-refractivity contribution in [1.29, 1.82) is 0 Å². The van der Waals surface area contributed by atoms with Crippen LogP contribution in [0.15, 0.2) is 18.2 Å². The van der Waals surface area contributed by atoms with E-state index < -0.39 is 0 Å². The van der Waals surface area contributed by atoms with E-state index in [1.165, 1.54) is 5.56 Å². The minimum Gasteiger partial charge on any atom is -0.379 e. The van der Waals surface area contributed by atoms with Gasteiger partial charge in [-0.1, -0.05) is 6.07 Å². The number of hydrogen-bond donors (Lipinski definition) is 2. The summed E-state index contributed by atoms with van der Waals surface area (Å²) >= 11 is 0. The van der Waals surface area contributed by atoms with E-state index in [0.29, 0.717) is 0 Å². The van der Waals surface area contributed by atoms with E-state index in [-0.39, 0.29) is 5.41 Å². The molecular weight excluding hydrogens is 226 g/mol. The first-order chi connectivity index (χ1) is 8.73. The monoisotopic (exact) mass is 245 g/mol. The molecule has 0 atom stereocenters. The van der Waals surface area contributed by atoms with E-state index in [1.54, 1.807) is 0 Å². The second-order valence-corrected chi connectivity index (χ2v) is 5.18. The predicted molar refractivity (Wildman–Crippen MR) is 71.9 cm³/mol. The van der Waals surface area contributed by atoms with Crippen molar-refractivity contribution in [3.05, 3.63) is 29.6 Å². The van der Waals surface area contributed by atoms with Crippen LogP contribution in [0.5, 0.6) is 0 Å². The van der Waals surface area contributed by atoms with Gasteiger partial charge >= 0.3 is 0 Å². The summed E-state index contributed by atoms with van der Waals surface area (Å²) in [6.45, 7) is 4.66. The van der Waals surface area contributed by atoms with Crippen molar-refractivity contribution < 1.29 is 4.74 Å². The number of H-pyrrole nitrogens is 1. The molecule has 0 unspecified atom stereocenters. The number of aryl methyl sites for hydroxylation is 1. The lowest BCUT2D eigenvalue weighted by Crippen LogP contribution is -2.48. The third-order valence-corrected chi connectivity index (χ3v) is 3.82. The van der Waals surface area contributed by atoms with E-state index in [9.17, 15) is 0 Å². The van der Waals surface area contributed by atoms with Crippen LogP contribution in [0.2, 0.25) is 0 Å². The fourth-order valence-corrected chi connectivity index (χ4v) is 2.64. The highest BCUT2D eigenvalue weighted by Gasteiger charge is 2.39. The van der Waals surface area contributed by atoms with Crippen molar-refractivity contribution in [3.8, 4) is 0 Å². The van der Waals surface area contributed by atoms with Crippen molar-refractivity contribution in [2.45, 2.75) is 18.8 Å². The zero-order valence-corrected chi connectivity index (χ0v) is 10.9. The minimum absolute atomic E-state index is 0.191. The molecule has 18 heavy (non-hydrogen) atoms. The smallest absolute Gasteiger partial charge is 0.104 e. The average Bonchev–Trinajstić information content (AvgIpc) is 2.67. The molecule has 1 aromatic carbocycles. The molecule has 2 aromatic rings. The van der Waals surface area contributed by atoms with Crippen LogP contribution in [0, 0.1) is 6.92 Å². The largest absolute Gasteiger partial charge is 0.379 e. The number of nitrogens with zero attached hydrogens (tertiary/aromatic N) is 1. The van der Waals surface area contributed by atoms with E-state index in [4.69, 9.17) is 4.74 Å². The van der Waals surface area contributed by atoms with Gasteiger partial charge in [0.25, 0.3) is 0 Å². The Morgan fingerprint density at radius 1 is 1.44 bits per heavy atom. The lowest BCUT2D eigenvalue weighted by molar-refractivity contribution is -0.0637. The maximum absolute atomic E-state index is 5.45. The summed E-state index contributed by atoms with van der Waals surface area (Å²) in [5, 5.41) is 3.23. The second kappa shape index (κ2) is 4.37. The van der Waals surface area contributed by atoms with Crippen molar-refractivity contribution in [3.63, 3.8) is 0 Å². The Balaban J connectivity index is 1.96. The first-order valence-corrected chi connectivity index (χ1v) is 6.43. The van der Waals surface area contributed by atoms with Gasteiger partial charge in [-0.2, -0.15) is 0 Å². The molecule has 1 aliphatic heterocycles. The van der Waals surface area contributed by atoms with Crippen LogP contribution in [-0.2, 0) is 10.2 Å². The summed E-state index contributed by atoms with van der Waals surface area (Å²) in [6.07, 6.45) is 1.11. The van der Waals surface area contributed by atoms with Crippen molar-refractivity contribution >= 4 is 11.0 Å². The Labute approximate surface area is 107 Å². The van der Waals surface area contributed by atoms with Gasteiger partial charge in [-0.25, -0.2) is 4.98 Å². The molecule has 1 aliphatic rings. The molecule has 0 saturated carbocycles. The number of aromatic nitrogens is 2. The lowest BCUT2D eigenvalue weighted by Gasteiger charge is -2.42. The number of rotatable bonds is 4. The second-order valence-electron chi connectivity index (χ2n) is 5.18. The molecule has 0 aliphatic carbocycles. The average molecular weight is 245 g/mol. The molecule has 4 nitrogen and oxygen atoms in total. The van der Waals surface area contributed by atoms with Gasteiger partial charge in [0.1, 0.15) is 5.82 Å². The van der Waals surface area contributed by atoms with Crippen molar-refractivity contribution in [2.24, 2.45) is 0 Å². The number of nitrogens with one attached hydrogen (secondary N) is 2. The molecular formula is C14H19N3O. The highest BCUT2D eigenvalue weighted by molar-refractivity contribution is 5.76. The summed E-state index contributed by atoms with van der Waals surface area (Å²) in [7, 11) is 1.99. The molecule has 2 N–H and O–H groups in total. The van der Waals surface area contributed by atoms with Gasteiger partial charge in [0, 0.05) is 5.41 Å². The highest BCUT2D eigenvalue weighted by Crippen LogP contribution is 2.36. The van der Waals surface area contributed by atoms with Gasteiger partial charge in [-0.15, -0.1) is 0 Å². The summed E-state index contributed by atoms with van der Waals surface area (Å²) in [5.41, 5.74) is 3.72. The molecule has 96 valence electrons. The number of imidazole rings is 1. The normalized spacial score (nSPS) is 17.9. The van der Waals surface area contributed by atoms with Crippen LogP contribution in [-0.4, -0.2) is 36.8 Å². The Hall–Kier alpha value is -1.39. The van der Waals surface area contributed by atoms with Gasteiger partial charge in [-0.3, -0.25) is 0 Å². The fraction of sp³-hybridized carbons (Fsp3) is 0.500. The number of aromatic amines is 1. The van der Waals surface area contributed by atoms with E-state index in [2.05, 4.69) is 33.5 Å². The van der Waals surface area contributed by atoms with Gasteiger partial charge in [0.05, 0.1) is 24.2 Å². The first kappa shape index (κ1) is 11.7. The summed E-state index contributed by atoms with van der Waals surface area (Å²) in [6, 6.07) is 6.53. The van der Waals surface area contributed by atoms with Gasteiger partial charge in [0.15, 0.2) is 0 Å². The third-order valence-electron chi connectivity index (χ3n) is 3.82. The van der Waals surface area contributed by atoms with Crippen LogP contribution >= 0.6 is 0 Å². The quantitative estimate of drug-likeness (QED) is 0.862. The maximum atomic E-state index is 5.45.